The summed E-state index contributed by atoms with van der Waals surface area (Å²) in [7, 11) is 0. The highest BCUT2D eigenvalue weighted by atomic mass is 35.5. The Labute approximate surface area is 114 Å². The molecule has 0 radical (unpaired) electrons. The van der Waals surface area contributed by atoms with Crippen LogP contribution in [0.5, 0.6) is 5.75 Å². The summed E-state index contributed by atoms with van der Waals surface area (Å²) in [5.41, 5.74) is 1.09. The molecular formula is C13H10Cl2FNO. The third kappa shape index (κ3) is 3.12. The molecule has 18 heavy (non-hydrogen) atoms. The molecule has 0 aliphatic rings. The van der Waals surface area contributed by atoms with Gasteiger partial charge >= 0.3 is 0 Å². The van der Waals surface area contributed by atoms with E-state index in [9.17, 15) is 4.39 Å². The number of alkyl halides is 1. The van der Waals surface area contributed by atoms with Crippen molar-refractivity contribution in [2.45, 2.75) is 12.5 Å². The summed E-state index contributed by atoms with van der Waals surface area (Å²) in [6.07, 6.45) is 1.55. The van der Waals surface area contributed by atoms with E-state index in [1.165, 1.54) is 6.07 Å². The van der Waals surface area contributed by atoms with E-state index in [0.29, 0.717) is 22.2 Å². The summed E-state index contributed by atoms with van der Waals surface area (Å²) in [6, 6.07) is 8.01. The van der Waals surface area contributed by atoms with Gasteiger partial charge in [0.1, 0.15) is 18.2 Å². The lowest BCUT2D eigenvalue weighted by Gasteiger charge is -2.08. The predicted octanol–water partition coefficient (Wildman–Crippen LogP) is 4.19. The van der Waals surface area contributed by atoms with Crippen LogP contribution in [0.15, 0.2) is 36.5 Å². The fraction of sp³-hybridized carbons (Fsp3) is 0.154. The van der Waals surface area contributed by atoms with Crippen LogP contribution >= 0.6 is 23.2 Å². The molecule has 5 heteroatoms. The van der Waals surface area contributed by atoms with Crippen LogP contribution < -0.4 is 4.74 Å². The molecular weight excluding hydrogens is 276 g/mol. The van der Waals surface area contributed by atoms with Gasteiger partial charge in [0.25, 0.3) is 0 Å². The molecule has 0 saturated heterocycles. The molecule has 0 unspecified atom stereocenters. The molecule has 0 saturated carbocycles. The maximum absolute atomic E-state index is 13.5. The first-order valence-corrected chi connectivity index (χ1v) is 6.18. The fourth-order valence-corrected chi connectivity index (χ4v) is 1.78. The first kappa shape index (κ1) is 13.1. The maximum atomic E-state index is 13.5. The standard InChI is InChI=1S/C13H10Cl2FNO/c14-6-9-4-5-10(7-17-9)18-8-11-12(15)2-1-3-13(11)16/h1-5,7H,6,8H2. The molecule has 2 nitrogen and oxygen atoms in total. The van der Waals surface area contributed by atoms with Crippen molar-refractivity contribution >= 4 is 23.2 Å². The van der Waals surface area contributed by atoms with Gasteiger partial charge in [-0.15, -0.1) is 11.6 Å². The normalized spacial score (nSPS) is 10.4. The van der Waals surface area contributed by atoms with Crippen LogP contribution in [0.4, 0.5) is 4.39 Å². The van der Waals surface area contributed by atoms with Crippen molar-refractivity contribution < 1.29 is 9.13 Å². The van der Waals surface area contributed by atoms with Gasteiger partial charge < -0.3 is 4.74 Å². The average Bonchev–Trinajstić information content (AvgIpc) is 2.39. The van der Waals surface area contributed by atoms with E-state index in [4.69, 9.17) is 27.9 Å². The van der Waals surface area contributed by atoms with Gasteiger partial charge in [-0.05, 0) is 24.3 Å². The van der Waals surface area contributed by atoms with E-state index in [-0.39, 0.29) is 12.4 Å². The number of aromatic nitrogens is 1. The SMILES string of the molecule is Fc1cccc(Cl)c1COc1ccc(CCl)nc1. The third-order valence-corrected chi connectivity index (χ3v) is 3.01. The monoisotopic (exact) mass is 285 g/mol. The van der Waals surface area contributed by atoms with E-state index < -0.39 is 0 Å². The van der Waals surface area contributed by atoms with E-state index in [2.05, 4.69) is 4.98 Å². The van der Waals surface area contributed by atoms with E-state index >= 15 is 0 Å². The molecule has 2 aromatic rings. The van der Waals surface area contributed by atoms with Crippen LogP contribution in [0.1, 0.15) is 11.3 Å². The largest absolute Gasteiger partial charge is 0.487 e. The Morgan fingerprint density at radius 3 is 2.67 bits per heavy atom. The summed E-state index contributed by atoms with van der Waals surface area (Å²) in [5.74, 6) is 0.510. The van der Waals surface area contributed by atoms with Crippen molar-refractivity contribution in [2.75, 3.05) is 0 Å². The Hall–Kier alpha value is -1.32. The van der Waals surface area contributed by atoms with Crippen LogP contribution in [-0.2, 0) is 12.5 Å². The number of pyridine rings is 1. The lowest BCUT2D eigenvalue weighted by molar-refractivity contribution is 0.298. The zero-order valence-corrected chi connectivity index (χ0v) is 10.9. The molecule has 0 N–H and O–H groups in total. The minimum Gasteiger partial charge on any atom is -0.487 e. The molecule has 0 aliphatic carbocycles. The van der Waals surface area contributed by atoms with Gasteiger partial charge in [-0.1, -0.05) is 17.7 Å². The highest BCUT2D eigenvalue weighted by molar-refractivity contribution is 6.31. The molecule has 1 aromatic heterocycles. The summed E-state index contributed by atoms with van der Waals surface area (Å²) in [5, 5.41) is 0.348. The van der Waals surface area contributed by atoms with Crippen LogP contribution in [0.2, 0.25) is 5.02 Å². The second-order valence-corrected chi connectivity index (χ2v) is 4.28. The minimum atomic E-state index is -0.382. The Morgan fingerprint density at radius 1 is 1.22 bits per heavy atom. The number of halogens is 3. The highest BCUT2D eigenvalue weighted by Crippen LogP contribution is 2.21. The Bertz CT molecular complexity index is 511. The van der Waals surface area contributed by atoms with Gasteiger partial charge in [0.2, 0.25) is 0 Å². The molecule has 0 fully saturated rings. The maximum Gasteiger partial charge on any atom is 0.138 e. The van der Waals surface area contributed by atoms with Crippen molar-refractivity contribution in [3.8, 4) is 5.75 Å². The molecule has 0 atom stereocenters. The third-order valence-electron chi connectivity index (χ3n) is 2.38. The van der Waals surface area contributed by atoms with Crippen molar-refractivity contribution in [3.63, 3.8) is 0 Å². The Kier molecular flexibility index (Phi) is 4.39. The minimum absolute atomic E-state index is 0.0629. The quantitative estimate of drug-likeness (QED) is 0.786. The molecule has 94 valence electrons. The zero-order valence-electron chi connectivity index (χ0n) is 9.37. The van der Waals surface area contributed by atoms with Gasteiger partial charge in [-0.2, -0.15) is 0 Å². The number of ether oxygens (including phenoxy) is 1. The van der Waals surface area contributed by atoms with Crippen LogP contribution in [0, 0.1) is 5.82 Å². The second-order valence-electron chi connectivity index (χ2n) is 3.61. The lowest BCUT2D eigenvalue weighted by atomic mass is 10.2. The van der Waals surface area contributed by atoms with E-state index in [1.807, 2.05) is 0 Å². The smallest absolute Gasteiger partial charge is 0.138 e. The van der Waals surface area contributed by atoms with Crippen LogP contribution in [0.3, 0.4) is 0 Å². The molecule has 1 heterocycles. The molecule has 0 bridgehead atoms. The van der Waals surface area contributed by atoms with Gasteiger partial charge in [-0.3, -0.25) is 4.98 Å². The number of rotatable bonds is 4. The first-order valence-electron chi connectivity index (χ1n) is 5.27. The molecule has 0 spiro atoms. The fourth-order valence-electron chi connectivity index (χ4n) is 1.40. The number of nitrogens with zero attached hydrogens (tertiary/aromatic N) is 1. The van der Waals surface area contributed by atoms with Crippen LogP contribution in [-0.4, -0.2) is 4.98 Å². The number of benzene rings is 1. The van der Waals surface area contributed by atoms with Gasteiger partial charge in [0.15, 0.2) is 0 Å². The summed E-state index contributed by atoms with van der Waals surface area (Å²) in [6.45, 7) is 0.0629. The van der Waals surface area contributed by atoms with Crippen molar-refractivity contribution in [1.82, 2.24) is 4.98 Å². The topological polar surface area (TPSA) is 22.1 Å². The van der Waals surface area contributed by atoms with E-state index in [1.54, 1.807) is 30.5 Å². The van der Waals surface area contributed by atoms with Crippen LogP contribution in [0.25, 0.3) is 0 Å². The summed E-state index contributed by atoms with van der Waals surface area (Å²) < 4.78 is 18.9. The second kappa shape index (κ2) is 6.03. The van der Waals surface area contributed by atoms with Gasteiger partial charge in [0.05, 0.1) is 22.8 Å². The van der Waals surface area contributed by atoms with Gasteiger partial charge in [-0.25, -0.2) is 4.39 Å². The van der Waals surface area contributed by atoms with Gasteiger partial charge in [0, 0.05) is 5.56 Å². The predicted molar refractivity (Wildman–Crippen MR) is 69.5 cm³/mol. The summed E-state index contributed by atoms with van der Waals surface area (Å²) >= 11 is 11.5. The Morgan fingerprint density at radius 2 is 2.06 bits per heavy atom. The van der Waals surface area contributed by atoms with Crippen molar-refractivity contribution in [3.05, 3.63) is 58.6 Å². The first-order chi connectivity index (χ1) is 8.70. The van der Waals surface area contributed by atoms with Crippen molar-refractivity contribution in [1.29, 1.82) is 0 Å². The van der Waals surface area contributed by atoms with Crippen molar-refractivity contribution in [2.24, 2.45) is 0 Å². The average molecular weight is 286 g/mol. The molecule has 1 aromatic carbocycles. The summed E-state index contributed by atoms with van der Waals surface area (Å²) in [4.78, 5) is 4.07. The van der Waals surface area contributed by atoms with E-state index in [0.717, 1.165) is 5.69 Å². The molecule has 0 aliphatic heterocycles. The lowest BCUT2D eigenvalue weighted by Crippen LogP contribution is -2.00. The number of hydrogen-bond acceptors (Lipinski definition) is 2. The zero-order chi connectivity index (χ0) is 13.0. The molecule has 2 rings (SSSR count). The highest BCUT2D eigenvalue weighted by Gasteiger charge is 2.07. The Balaban J connectivity index is 2.06. The number of hydrogen-bond donors (Lipinski definition) is 0. The molecule has 0 amide bonds.